The summed E-state index contributed by atoms with van der Waals surface area (Å²) >= 11 is 1.66. The highest BCUT2D eigenvalue weighted by molar-refractivity contribution is 7.11. The minimum Gasteiger partial charge on any atom is -0.395 e. The number of nitrogens with zero attached hydrogens (tertiary/aromatic N) is 2. The van der Waals surface area contributed by atoms with E-state index in [0.29, 0.717) is 19.6 Å². The van der Waals surface area contributed by atoms with Crippen LogP contribution in [0.2, 0.25) is 0 Å². The summed E-state index contributed by atoms with van der Waals surface area (Å²) in [6, 6.07) is -0.173. The fraction of sp³-hybridized carbons (Fsp3) is 0.538. The van der Waals surface area contributed by atoms with Gasteiger partial charge in [0.1, 0.15) is 0 Å². The maximum Gasteiger partial charge on any atom is 0.317 e. The number of hydrogen-bond donors (Lipinski definition) is 2. The molecule has 0 aromatic carbocycles. The van der Waals surface area contributed by atoms with Crippen LogP contribution in [0, 0.1) is 13.8 Å². The molecule has 5 nitrogen and oxygen atoms in total. The zero-order valence-electron chi connectivity index (χ0n) is 11.5. The third-order valence-electron chi connectivity index (χ3n) is 2.63. The van der Waals surface area contributed by atoms with Gasteiger partial charge in [-0.25, -0.2) is 9.78 Å². The zero-order chi connectivity index (χ0) is 14.3. The van der Waals surface area contributed by atoms with Crippen LogP contribution in [0.1, 0.15) is 15.6 Å². The van der Waals surface area contributed by atoms with E-state index in [4.69, 9.17) is 5.11 Å². The van der Waals surface area contributed by atoms with Crippen LogP contribution in [-0.2, 0) is 6.42 Å². The van der Waals surface area contributed by atoms with Crippen LogP contribution in [0.5, 0.6) is 0 Å². The van der Waals surface area contributed by atoms with Crippen LogP contribution in [0.25, 0.3) is 0 Å². The Balaban J connectivity index is 2.40. The number of rotatable bonds is 7. The van der Waals surface area contributed by atoms with Crippen molar-refractivity contribution in [3.63, 3.8) is 0 Å². The molecule has 106 valence electrons. The van der Waals surface area contributed by atoms with Crippen LogP contribution in [0.3, 0.4) is 0 Å². The lowest BCUT2D eigenvalue weighted by molar-refractivity contribution is 0.184. The molecular formula is C13H21N3O2S. The fourth-order valence-electron chi connectivity index (χ4n) is 1.75. The van der Waals surface area contributed by atoms with E-state index in [2.05, 4.69) is 16.9 Å². The average molecular weight is 283 g/mol. The number of aromatic nitrogens is 1. The summed E-state index contributed by atoms with van der Waals surface area (Å²) < 4.78 is 0. The lowest BCUT2D eigenvalue weighted by Gasteiger charge is -2.20. The van der Waals surface area contributed by atoms with Crippen LogP contribution in [0.15, 0.2) is 12.7 Å². The number of aliphatic hydroxyl groups excluding tert-OH is 1. The van der Waals surface area contributed by atoms with Gasteiger partial charge < -0.3 is 15.3 Å². The maximum absolute atomic E-state index is 11.8. The minimum atomic E-state index is -0.173. The normalized spacial score (nSPS) is 10.3. The number of thiazole rings is 1. The molecular weight excluding hydrogens is 262 g/mol. The molecule has 0 radical (unpaired) electrons. The second-order valence-corrected chi connectivity index (χ2v) is 5.47. The number of aliphatic hydroxyl groups is 1. The Kier molecular flexibility index (Phi) is 6.52. The topological polar surface area (TPSA) is 65.5 Å². The average Bonchev–Trinajstić information content (AvgIpc) is 2.67. The van der Waals surface area contributed by atoms with E-state index >= 15 is 0 Å². The number of aryl methyl sites for hydroxylation is 2. The Morgan fingerprint density at radius 3 is 2.84 bits per heavy atom. The maximum atomic E-state index is 11.8. The molecule has 1 rings (SSSR count). The molecule has 2 N–H and O–H groups in total. The van der Waals surface area contributed by atoms with E-state index in [0.717, 1.165) is 17.1 Å². The van der Waals surface area contributed by atoms with Crippen LogP contribution >= 0.6 is 11.3 Å². The molecule has 0 saturated heterocycles. The number of amides is 2. The van der Waals surface area contributed by atoms with Gasteiger partial charge in [0.15, 0.2) is 0 Å². The molecule has 1 aromatic rings. The van der Waals surface area contributed by atoms with Crippen molar-refractivity contribution < 1.29 is 9.90 Å². The number of nitrogens with one attached hydrogen (secondary N) is 1. The summed E-state index contributed by atoms with van der Waals surface area (Å²) in [5.41, 5.74) is 1.04. The summed E-state index contributed by atoms with van der Waals surface area (Å²) in [5.74, 6) is 0. The summed E-state index contributed by atoms with van der Waals surface area (Å²) in [6.45, 7) is 8.83. The van der Waals surface area contributed by atoms with Crippen molar-refractivity contribution in [2.75, 3.05) is 26.2 Å². The van der Waals surface area contributed by atoms with Crippen molar-refractivity contribution in [1.82, 2.24) is 15.2 Å². The molecule has 1 aromatic heterocycles. The first kappa shape index (κ1) is 15.7. The molecule has 0 spiro atoms. The van der Waals surface area contributed by atoms with Crippen molar-refractivity contribution in [1.29, 1.82) is 0 Å². The van der Waals surface area contributed by atoms with Gasteiger partial charge in [-0.2, -0.15) is 0 Å². The third kappa shape index (κ3) is 5.00. The Morgan fingerprint density at radius 1 is 1.58 bits per heavy atom. The van der Waals surface area contributed by atoms with Crippen molar-refractivity contribution in [2.45, 2.75) is 20.3 Å². The SMILES string of the molecule is C=CCN(CCO)C(=O)NCCc1sc(C)nc1C. The number of carbonyl (C=O) groups is 1. The van der Waals surface area contributed by atoms with Crippen molar-refractivity contribution in [3.05, 3.63) is 28.2 Å². The quantitative estimate of drug-likeness (QED) is 0.745. The smallest absolute Gasteiger partial charge is 0.317 e. The first-order chi connectivity index (χ1) is 9.08. The first-order valence-corrected chi connectivity index (χ1v) is 7.07. The molecule has 0 saturated carbocycles. The molecule has 0 aliphatic heterocycles. The number of carbonyl (C=O) groups excluding carboxylic acids is 1. The third-order valence-corrected chi connectivity index (χ3v) is 3.77. The number of urea groups is 1. The molecule has 6 heteroatoms. The summed E-state index contributed by atoms with van der Waals surface area (Å²) in [5, 5.41) is 12.8. The minimum absolute atomic E-state index is 0.0472. The standard InChI is InChI=1S/C13H21N3O2S/c1-4-7-16(8-9-17)13(18)14-6-5-12-10(2)15-11(3)19-12/h4,17H,1,5-9H2,2-3H3,(H,14,18). The molecule has 0 aliphatic rings. The van der Waals surface area contributed by atoms with Gasteiger partial charge in [0.25, 0.3) is 0 Å². The second-order valence-electron chi connectivity index (χ2n) is 4.18. The van der Waals surface area contributed by atoms with E-state index in [1.807, 2.05) is 13.8 Å². The Morgan fingerprint density at radius 2 is 2.32 bits per heavy atom. The summed E-state index contributed by atoms with van der Waals surface area (Å²) in [7, 11) is 0. The van der Waals surface area contributed by atoms with Crippen LogP contribution in [-0.4, -0.2) is 47.3 Å². The van der Waals surface area contributed by atoms with E-state index in [1.54, 1.807) is 17.4 Å². The van der Waals surface area contributed by atoms with Crippen LogP contribution < -0.4 is 5.32 Å². The molecule has 0 bridgehead atoms. The van der Waals surface area contributed by atoms with Gasteiger partial charge in [-0.3, -0.25) is 0 Å². The first-order valence-electron chi connectivity index (χ1n) is 6.26. The van der Waals surface area contributed by atoms with Gasteiger partial charge in [0.05, 0.1) is 17.3 Å². The highest BCUT2D eigenvalue weighted by Gasteiger charge is 2.11. The Hall–Kier alpha value is -1.40. The van der Waals surface area contributed by atoms with Gasteiger partial charge >= 0.3 is 6.03 Å². The fourth-order valence-corrected chi connectivity index (χ4v) is 2.69. The highest BCUT2D eigenvalue weighted by atomic mass is 32.1. The predicted octanol–water partition coefficient (Wildman–Crippen LogP) is 1.49. The van der Waals surface area contributed by atoms with Crippen molar-refractivity contribution in [2.24, 2.45) is 0 Å². The molecule has 19 heavy (non-hydrogen) atoms. The predicted molar refractivity (Wildman–Crippen MR) is 77.5 cm³/mol. The molecule has 0 unspecified atom stereocenters. The molecule has 2 amide bonds. The second kappa shape index (κ2) is 7.91. The van der Waals surface area contributed by atoms with Crippen molar-refractivity contribution >= 4 is 17.4 Å². The van der Waals surface area contributed by atoms with Gasteiger partial charge in [-0.15, -0.1) is 17.9 Å². The van der Waals surface area contributed by atoms with E-state index in [1.165, 1.54) is 9.78 Å². The number of hydrogen-bond acceptors (Lipinski definition) is 4. The lowest BCUT2D eigenvalue weighted by atomic mass is 10.3. The van der Waals surface area contributed by atoms with Gasteiger partial charge in [0, 0.05) is 30.9 Å². The van der Waals surface area contributed by atoms with Gasteiger partial charge in [0.2, 0.25) is 0 Å². The zero-order valence-corrected chi connectivity index (χ0v) is 12.3. The highest BCUT2D eigenvalue weighted by Crippen LogP contribution is 2.17. The van der Waals surface area contributed by atoms with E-state index in [9.17, 15) is 4.79 Å². The summed E-state index contributed by atoms with van der Waals surface area (Å²) in [6.07, 6.45) is 2.43. The Labute approximate surface area is 118 Å². The monoisotopic (exact) mass is 283 g/mol. The van der Waals surface area contributed by atoms with Crippen LogP contribution in [0.4, 0.5) is 4.79 Å². The van der Waals surface area contributed by atoms with Crippen molar-refractivity contribution in [3.8, 4) is 0 Å². The van der Waals surface area contributed by atoms with Gasteiger partial charge in [-0.1, -0.05) is 6.08 Å². The van der Waals surface area contributed by atoms with E-state index in [-0.39, 0.29) is 12.6 Å². The summed E-state index contributed by atoms with van der Waals surface area (Å²) in [4.78, 5) is 18.9. The Bertz CT molecular complexity index is 432. The van der Waals surface area contributed by atoms with E-state index < -0.39 is 0 Å². The molecule has 0 aliphatic carbocycles. The van der Waals surface area contributed by atoms with Gasteiger partial charge in [-0.05, 0) is 13.8 Å². The lowest BCUT2D eigenvalue weighted by Crippen LogP contribution is -2.42. The molecule has 0 atom stereocenters. The molecule has 1 heterocycles. The largest absolute Gasteiger partial charge is 0.395 e. The molecule has 0 fully saturated rings.